The summed E-state index contributed by atoms with van der Waals surface area (Å²) in [4.78, 5) is 17.2. The molecule has 150 valence electrons. The van der Waals surface area contributed by atoms with Crippen LogP contribution in [0.25, 0.3) is 0 Å². The maximum atomic E-state index is 13.1. The number of methoxy groups -OCH3 is 1. The molecule has 28 heavy (non-hydrogen) atoms. The minimum atomic E-state index is -0.278. The molecule has 1 fully saturated rings. The molecule has 3 rings (SSSR count). The molecule has 2 aromatic rings. The molecule has 1 aliphatic heterocycles. The summed E-state index contributed by atoms with van der Waals surface area (Å²) < 4.78 is 18.5. The van der Waals surface area contributed by atoms with Gasteiger partial charge >= 0.3 is 0 Å². The quantitative estimate of drug-likeness (QED) is 0.736. The van der Waals surface area contributed by atoms with E-state index in [0.717, 1.165) is 38.2 Å². The van der Waals surface area contributed by atoms with Gasteiger partial charge in [0.25, 0.3) is 0 Å². The van der Waals surface area contributed by atoms with Crippen molar-refractivity contribution in [3.63, 3.8) is 0 Å². The lowest BCUT2D eigenvalue weighted by Crippen LogP contribution is -2.37. The Hall–Kier alpha value is -2.24. The van der Waals surface area contributed by atoms with Crippen molar-refractivity contribution in [1.29, 1.82) is 0 Å². The van der Waals surface area contributed by atoms with Gasteiger partial charge < -0.3 is 14.5 Å². The molecule has 0 N–H and O–H groups in total. The normalized spacial score (nSPS) is 18.1. The first kappa shape index (κ1) is 20.5. The maximum absolute atomic E-state index is 13.1. The molecule has 0 aliphatic carbocycles. The summed E-state index contributed by atoms with van der Waals surface area (Å²) in [5, 5.41) is 0. The van der Waals surface area contributed by atoms with E-state index in [9.17, 15) is 9.18 Å². The molecule has 0 radical (unpaired) electrons. The second-order valence-corrected chi connectivity index (χ2v) is 7.50. The second-order valence-electron chi connectivity index (χ2n) is 7.50. The number of ether oxygens (including phenoxy) is 1. The largest absolute Gasteiger partial charge is 0.384 e. The summed E-state index contributed by atoms with van der Waals surface area (Å²) in [5.41, 5.74) is 2.18. The van der Waals surface area contributed by atoms with Crippen molar-refractivity contribution in [2.24, 2.45) is 5.92 Å². The zero-order chi connectivity index (χ0) is 19.8. The molecule has 1 aliphatic rings. The van der Waals surface area contributed by atoms with Crippen LogP contribution in [-0.4, -0.2) is 62.1 Å². The third kappa shape index (κ3) is 6.14. The highest BCUT2D eigenvalue weighted by molar-refractivity contribution is 5.78. The molecule has 0 bridgehead atoms. The molecule has 1 atom stereocenters. The van der Waals surface area contributed by atoms with Crippen LogP contribution in [0.1, 0.15) is 11.1 Å². The molecular formula is C23H29FN2O2. The van der Waals surface area contributed by atoms with Crippen molar-refractivity contribution in [2.75, 3.05) is 46.4 Å². The molecule has 1 amide bonds. The highest BCUT2D eigenvalue weighted by Gasteiger charge is 2.25. The van der Waals surface area contributed by atoms with Gasteiger partial charge in [0.15, 0.2) is 0 Å². The molecule has 1 saturated heterocycles. The first-order chi connectivity index (χ1) is 13.6. The fraction of sp³-hybridized carbons (Fsp3) is 0.435. The summed E-state index contributed by atoms with van der Waals surface area (Å²) in [5.74, 6) is 0.109. The number of rotatable bonds is 7. The zero-order valence-electron chi connectivity index (χ0n) is 16.5. The molecule has 2 aromatic carbocycles. The number of benzene rings is 2. The predicted octanol–water partition coefficient (Wildman–Crippen LogP) is 3.02. The number of nitrogens with zero attached hydrogens (tertiary/aromatic N) is 2. The van der Waals surface area contributed by atoms with E-state index in [-0.39, 0.29) is 11.7 Å². The van der Waals surface area contributed by atoms with Crippen LogP contribution in [0.15, 0.2) is 54.6 Å². The Labute approximate surface area is 166 Å². The van der Waals surface area contributed by atoms with E-state index < -0.39 is 0 Å². The standard InChI is InChI=1S/C23H29FN2O2/c1-28-18-21-16-25(12-11-19-5-3-2-4-6-19)13-14-26(17-21)23(27)15-20-7-9-22(24)10-8-20/h2-10,21H,11-18H2,1H3/t21-/m0/s1. The van der Waals surface area contributed by atoms with Gasteiger partial charge in [0.1, 0.15) is 5.82 Å². The average Bonchev–Trinajstić information content (AvgIpc) is 2.92. The Bertz CT molecular complexity index is 736. The van der Waals surface area contributed by atoms with Crippen molar-refractivity contribution in [3.8, 4) is 0 Å². The van der Waals surface area contributed by atoms with E-state index in [0.29, 0.717) is 25.5 Å². The van der Waals surface area contributed by atoms with Gasteiger partial charge in [-0.1, -0.05) is 42.5 Å². The summed E-state index contributed by atoms with van der Waals surface area (Å²) in [6, 6.07) is 16.7. The predicted molar refractivity (Wildman–Crippen MR) is 109 cm³/mol. The van der Waals surface area contributed by atoms with Crippen molar-refractivity contribution in [1.82, 2.24) is 9.80 Å². The van der Waals surface area contributed by atoms with Gasteiger partial charge in [-0.05, 0) is 29.7 Å². The molecule has 0 spiro atoms. The minimum Gasteiger partial charge on any atom is -0.384 e. The number of hydrogen-bond acceptors (Lipinski definition) is 3. The van der Waals surface area contributed by atoms with E-state index in [4.69, 9.17) is 4.74 Å². The molecule has 0 aromatic heterocycles. The Morgan fingerprint density at radius 3 is 2.50 bits per heavy atom. The van der Waals surface area contributed by atoms with Crippen LogP contribution < -0.4 is 0 Å². The number of halogens is 1. The van der Waals surface area contributed by atoms with E-state index in [1.807, 2.05) is 11.0 Å². The Morgan fingerprint density at radius 2 is 1.79 bits per heavy atom. The SMILES string of the molecule is COC[C@H]1CN(CCc2ccccc2)CCN(C(=O)Cc2ccc(F)cc2)C1. The monoisotopic (exact) mass is 384 g/mol. The molecule has 0 unspecified atom stereocenters. The molecule has 4 nitrogen and oxygen atoms in total. The van der Waals surface area contributed by atoms with Crippen LogP contribution in [0.4, 0.5) is 4.39 Å². The fourth-order valence-corrected chi connectivity index (χ4v) is 3.77. The van der Waals surface area contributed by atoms with Crippen molar-refractivity contribution in [2.45, 2.75) is 12.8 Å². The van der Waals surface area contributed by atoms with Gasteiger partial charge in [-0.25, -0.2) is 4.39 Å². The fourth-order valence-electron chi connectivity index (χ4n) is 3.77. The highest BCUT2D eigenvalue weighted by atomic mass is 19.1. The van der Waals surface area contributed by atoms with E-state index in [1.165, 1.54) is 17.7 Å². The smallest absolute Gasteiger partial charge is 0.227 e. The lowest BCUT2D eigenvalue weighted by molar-refractivity contribution is -0.130. The molecule has 0 saturated carbocycles. The van der Waals surface area contributed by atoms with Gasteiger partial charge in [0.2, 0.25) is 5.91 Å². The van der Waals surface area contributed by atoms with E-state index in [2.05, 4.69) is 29.2 Å². The first-order valence-electron chi connectivity index (χ1n) is 9.91. The van der Waals surface area contributed by atoms with Crippen LogP contribution in [0, 0.1) is 11.7 Å². The van der Waals surface area contributed by atoms with Crippen LogP contribution in [0.5, 0.6) is 0 Å². The van der Waals surface area contributed by atoms with E-state index >= 15 is 0 Å². The summed E-state index contributed by atoms with van der Waals surface area (Å²) >= 11 is 0. The Kier molecular flexibility index (Phi) is 7.57. The van der Waals surface area contributed by atoms with E-state index in [1.54, 1.807) is 19.2 Å². The van der Waals surface area contributed by atoms with Gasteiger partial charge in [0.05, 0.1) is 13.0 Å². The summed E-state index contributed by atoms with van der Waals surface area (Å²) in [6.07, 6.45) is 1.31. The summed E-state index contributed by atoms with van der Waals surface area (Å²) in [6.45, 7) is 4.83. The van der Waals surface area contributed by atoms with Crippen LogP contribution >= 0.6 is 0 Å². The second kappa shape index (κ2) is 10.3. The van der Waals surface area contributed by atoms with Crippen LogP contribution in [0.3, 0.4) is 0 Å². The van der Waals surface area contributed by atoms with Crippen molar-refractivity contribution in [3.05, 3.63) is 71.5 Å². The first-order valence-corrected chi connectivity index (χ1v) is 9.91. The van der Waals surface area contributed by atoms with Crippen molar-refractivity contribution < 1.29 is 13.9 Å². The molecular weight excluding hydrogens is 355 g/mol. The number of hydrogen-bond donors (Lipinski definition) is 0. The Morgan fingerprint density at radius 1 is 1.04 bits per heavy atom. The van der Waals surface area contributed by atoms with Gasteiger partial charge in [-0.2, -0.15) is 0 Å². The van der Waals surface area contributed by atoms with Crippen LogP contribution in [0.2, 0.25) is 0 Å². The number of amides is 1. The van der Waals surface area contributed by atoms with Gasteiger partial charge in [-0.3, -0.25) is 4.79 Å². The average molecular weight is 384 g/mol. The number of carbonyl (C=O) groups is 1. The number of carbonyl (C=O) groups excluding carboxylic acids is 1. The van der Waals surface area contributed by atoms with Gasteiger partial charge in [-0.15, -0.1) is 0 Å². The zero-order valence-corrected chi connectivity index (χ0v) is 16.5. The topological polar surface area (TPSA) is 32.8 Å². The Balaban J connectivity index is 1.59. The summed E-state index contributed by atoms with van der Waals surface area (Å²) in [7, 11) is 1.71. The van der Waals surface area contributed by atoms with Crippen molar-refractivity contribution >= 4 is 5.91 Å². The third-order valence-corrected chi connectivity index (χ3v) is 5.26. The molecule has 5 heteroatoms. The lowest BCUT2D eigenvalue weighted by atomic mass is 10.1. The minimum absolute atomic E-state index is 0.0950. The van der Waals surface area contributed by atoms with Crippen LogP contribution in [-0.2, 0) is 22.4 Å². The maximum Gasteiger partial charge on any atom is 0.227 e. The van der Waals surface area contributed by atoms with Gasteiger partial charge in [0, 0.05) is 45.8 Å². The third-order valence-electron chi connectivity index (χ3n) is 5.26. The molecule has 1 heterocycles. The highest BCUT2D eigenvalue weighted by Crippen LogP contribution is 2.14. The lowest BCUT2D eigenvalue weighted by Gasteiger charge is -2.24.